The predicted octanol–water partition coefficient (Wildman–Crippen LogP) is 4.18. The van der Waals surface area contributed by atoms with Crippen LogP contribution < -0.4 is 0 Å². The van der Waals surface area contributed by atoms with Crippen molar-refractivity contribution in [2.24, 2.45) is 0 Å². The van der Waals surface area contributed by atoms with Crippen LogP contribution in [0.4, 0.5) is 0 Å². The average molecular weight is 262 g/mol. The van der Waals surface area contributed by atoms with E-state index in [1.54, 1.807) is 11.3 Å². The number of ether oxygens (including phenoxy) is 1. The quantitative estimate of drug-likeness (QED) is 0.576. The first kappa shape index (κ1) is 13.1. The van der Waals surface area contributed by atoms with Crippen LogP contribution in [0.3, 0.4) is 0 Å². The van der Waals surface area contributed by atoms with Gasteiger partial charge in [0.15, 0.2) is 0 Å². The third-order valence-corrected chi connectivity index (χ3v) is 3.82. The van der Waals surface area contributed by atoms with Crippen molar-refractivity contribution in [2.75, 3.05) is 6.61 Å². The number of carbonyl (C=O) groups is 1. The number of rotatable bonds is 6. The summed E-state index contributed by atoms with van der Waals surface area (Å²) >= 11 is 1.77. The van der Waals surface area contributed by atoms with Gasteiger partial charge in [0.05, 0.1) is 6.61 Å². The summed E-state index contributed by atoms with van der Waals surface area (Å²) in [6.07, 6.45) is 3.51. The van der Waals surface area contributed by atoms with Crippen LogP contribution in [0.25, 0.3) is 10.1 Å². The molecule has 2 aromatic rings. The van der Waals surface area contributed by atoms with Crippen molar-refractivity contribution in [1.29, 1.82) is 0 Å². The molecule has 1 aromatic heterocycles. The highest BCUT2D eigenvalue weighted by molar-refractivity contribution is 7.17. The Kier molecular flexibility index (Phi) is 4.76. The minimum atomic E-state index is -0.0780. The molecular formula is C15H18O2S. The molecule has 0 aliphatic heterocycles. The number of carbonyl (C=O) groups excluding carboxylic acids is 1. The van der Waals surface area contributed by atoms with Gasteiger partial charge in [-0.15, -0.1) is 11.3 Å². The van der Waals surface area contributed by atoms with E-state index in [1.165, 1.54) is 15.6 Å². The third kappa shape index (κ3) is 3.57. The summed E-state index contributed by atoms with van der Waals surface area (Å²) in [6, 6.07) is 8.77. The molecule has 0 N–H and O–H groups in total. The molecule has 96 valence electrons. The lowest BCUT2D eigenvalue weighted by Gasteiger charge is -2.03. The maximum Gasteiger partial charge on any atom is 0.305 e. The van der Waals surface area contributed by atoms with Crippen LogP contribution >= 0.6 is 11.3 Å². The number of aryl methyl sites for hydroxylation is 1. The highest BCUT2D eigenvalue weighted by atomic mass is 32.1. The molecule has 0 spiro atoms. The second kappa shape index (κ2) is 6.55. The van der Waals surface area contributed by atoms with E-state index in [-0.39, 0.29) is 5.97 Å². The van der Waals surface area contributed by atoms with E-state index in [4.69, 9.17) is 4.74 Å². The van der Waals surface area contributed by atoms with Crippen LogP contribution in [0.5, 0.6) is 0 Å². The number of unbranched alkanes of at least 4 members (excludes halogenated alkanes) is 1. The normalized spacial score (nSPS) is 10.7. The molecule has 0 radical (unpaired) electrons. The van der Waals surface area contributed by atoms with Gasteiger partial charge >= 0.3 is 5.97 Å². The molecular weight excluding hydrogens is 244 g/mol. The SMILES string of the molecule is CCOC(=O)CCCCc1ccc2sccc2c1. The molecule has 1 heterocycles. The summed E-state index contributed by atoms with van der Waals surface area (Å²) in [7, 11) is 0. The minimum Gasteiger partial charge on any atom is -0.466 e. The number of thiophene rings is 1. The van der Waals surface area contributed by atoms with Gasteiger partial charge in [0, 0.05) is 11.1 Å². The molecule has 18 heavy (non-hydrogen) atoms. The van der Waals surface area contributed by atoms with Crippen molar-refractivity contribution in [3.63, 3.8) is 0 Å². The number of esters is 1. The lowest BCUT2D eigenvalue weighted by molar-refractivity contribution is -0.143. The molecule has 0 aliphatic carbocycles. The zero-order valence-corrected chi connectivity index (χ0v) is 11.5. The van der Waals surface area contributed by atoms with E-state index >= 15 is 0 Å². The third-order valence-electron chi connectivity index (χ3n) is 2.92. The molecule has 0 bridgehead atoms. The monoisotopic (exact) mass is 262 g/mol. The Morgan fingerprint density at radius 3 is 3.00 bits per heavy atom. The van der Waals surface area contributed by atoms with Gasteiger partial charge in [-0.05, 0) is 54.6 Å². The van der Waals surface area contributed by atoms with E-state index < -0.39 is 0 Å². The zero-order valence-electron chi connectivity index (χ0n) is 10.6. The number of hydrogen-bond acceptors (Lipinski definition) is 3. The fourth-order valence-corrected chi connectivity index (χ4v) is 2.77. The molecule has 3 heteroatoms. The molecule has 1 aromatic carbocycles. The minimum absolute atomic E-state index is 0.0780. The van der Waals surface area contributed by atoms with Crippen LogP contribution in [-0.4, -0.2) is 12.6 Å². The number of benzene rings is 1. The standard InChI is InChI=1S/C15H18O2S/c1-2-17-15(16)6-4-3-5-12-7-8-14-13(11-12)9-10-18-14/h7-11H,2-6H2,1H3. The van der Waals surface area contributed by atoms with E-state index in [0.717, 1.165) is 19.3 Å². The highest BCUT2D eigenvalue weighted by Crippen LogP contribution is 2.22. The Morgan fingerprint density at radius 1 is 1.28 bits per heavy atom. The van der Waals surface area contributed by atoms with Crippen molar-refractivity contribution in [2.45, 2.75) is 32.6 Å². The van der Waals surface area contributed by atoms with Crippen molar-refractivity contribution < 1.29 is 9.53 Å². The lowest BCUT2D eigenvalue weighted by atomic mass is 10.1. The number of fused-ring (bicyclic) bond motifs is 1. The van der Waals surface area contributed by atoms with Gasteiger partial charge in [0.2, 0.25) is 0 Å². The van der Waals surface area contributed by atoms with E-state index in [9.17, 15) is 4.79 Å². The van der Waals surface area contributed by atoms with Crippen LogP contribution in [0, 0.1) is 0 Å². The molecule has 0 fully saturated rings. The van der Waals surface area contributed by atoms with E-state index in [0.29, 0.717) is 13.0 Å². The second-order valence-corrected chi connectivity index (χ2v) is 5.25. The van der Waals surface area contributed by atoms with Gasteiger partial charge in [-0.1, -0.05) is 12.1 Å². The fourth-order valence-electron chi connectivity index (χ4n) is 2.00. The van der Waals surface area contributed by atoms with Gasteiger partial charge in [-0.2, -0.15) is 0 Å². The van der Waals surface area contributed by atoms with Crippen molar-refractivity contribution >= 4 is 27.4 Å². The molecule has 0 atom stereocenters. The lowest BCUT2D eigenvalue weighted by Crippen LogP contribution is -2.03. The predicted molar refractivity (Wildman–Crippen MR) is 76.0 cm³/mol. The molecule has 2 nitrogen and oxygen atoms in total. The summed E-state index contributed by atoms with van der Waals surface area (Å²) in [5.74, 6) is -0.0780. The zero-order chi connectivity index (χ0) is 12.8. The van der Waals surface area contributed by atoms with Crippen molar-refractivity contribution in [3.05, 3.63) is 35.2 Å². The Hall–Kier alpha value is -1.35. The molecule has 0 saturated carbocycles. The molecule has 0 unspecified atom stereocenters. The topological polar surface area (TPSA) is 26.3 Å². The first-order chi connectivity index (χ1) is 8.79. The average Bonchev–Trinajstić information content (AvgIpc) is 2.82. The summed E-state index contributed by atoms with van der Waals surface area (Å²) in [5, 5.41) is 3.44. The summed E-state index contributed by atoms with van der Waals surface area (Å²) in [5.41, 5.74) is 1.35. The largest absolute Gasteiger partial charge is 0.466 e. The van der Waals surface area contributed by atoms with Crippen LogP contribution in [0.2, 0.25) is 0 Å². The van der Waals surface area contributed by atoms with Gasteiger partial charge in [0.25, 0.3) is 0 Å². The maximum absolute atomic E-state index is 11.2. The van der Waals surface area contributed by atoms with Gasteiger partial charge in [-0.3, -0.25) is 4.79 Å². The van der Waals surface area contributed by atoms with Gasteiger partial charge < -0.3 is 4.74 Å². The summed E-state index contributed by atoms with van der Waals surface area (Å²) < 4.78 is 6.24. The van der Waals surface area contributed by atoms with Crippen molar-refractivity contribution in [1.82, 2.24) is 0 Å². The maximum atomic E-state index is 11.2. The van der Waals surface area contributed by atoms with E-state index in [2.05, 4.69) is 29.6 Å². The van der Waals surface area contributed by atoms with Crippen molar-refractivity contribution in [3.8, 4) is 0 Å². The van der Waals surface area contributed by atoms with Gasteiger partial charge in [-0.25, -0.2) is 0 Å². The molecule has 0 saturated heterocycles. The second-order valence-electron chi connectivity index (χ2n) is 4.30. The Balaban J connectivity index is 1.77. The Bertz CT molecular complexity index is 516. The Labute approximate surface area is 112 Å². The molecule has 2 rings (SSSR count). The summed E-state index contributed by atoms with van der Waals surface area (Å²) in [4.78, 5) is 11.2. The first-order valence-corrected chi connectivity index (χ1v) is 7.29. The van der Waals surface area contributed by atoms with Crippen LogP contribution in [-0.2, 0) is 16.0 Å². The Morgan fingerprint density at radius 2 is 2.17 bits per heavy atom. The molecule has 0 aliphatic rings. The summed E-state index contributed by atoms with van der Waals surface area (Å²) in [6.45, 7) is 2.32. The molecule has 0 amide bonds. The highest BCUT2D eigenvalue weighted by Gasteiger charge is 2.02. The van der Waals surface area contributed by atoms with Crippen LogP contribution in [0.15, 0.2) is 29.6 Å². The van der Waals surface area contributed by atoms with Gasteiger partial charge in [0.1, 0.15) is 0 Å². The smallest absolute Gasteiger partial charge is 0.305 e. The number of hydrogen-bond donors (Lipinski definition) is 0. The van der Waals surface area contributed by atoms with E-state index in [1.807, 2.05) is 6.92 Å². The van der Waals surface area contributed by atoms with Crippen LogP contribution in [0.1, 0.15) is 31.7 Å². The first-order valence-electron chi connectivity index (χ1n) is 6.41. The fraction of sp³-hybridized carbons (Fsp3) is 0.400.